The van der Waals surface area contributed by atoms with E-state index in [0.717, 1.165) is 56.2 Å². The molecule has 1 saturated heterocycles. The first-order valence-corrected chi connectivity index (χ1v) is 12.7. The molecule has 7 heteroatoms. The number of methoxy groups -OCH3 is 2. The Labute approximate surface area is 207 Å². The van der Waals surface area contributed by atoms with Crippen molar-refractivity contribution in [3.05, 3.63) is 59.2 Å². The van der Waals surface area contributed by atoms with E-state index in [4.69, 9.17) is 9.47 Å². The number of benzene rings is 2. The fourth-order valence-corrected chi connectivity index (χ4v) is 6.08. The Kier molecular flexibility index (Phi) is 6.45. The van der Waals surface area contributed by atoms with Crippen LogP contribution in [0.15, 0.2) is 42.5 Å². The molecule has 1 saturated carbocycles. The second-order valence-electron chi connectivity index (χ2n) is 10.0. The van der Waals surface area contributed by atoms with Crippen LogP contribution < -0.4 is 14.8 Å². The highest BCUT2D eigenvalue weighted by atomic mass is 16.5. The Balaban J connectivity index is 1.46. The van der Waals surface area contributed by atoms with Gasteiger partial charge >= 0.3 is 6.03 Å². The number of nitrogens with one attached hydrogen (secondary N) is 1. The molecule has 3 aliphatic rings. The molecule has 2 aromatic rings. The number of urea groups is 1. The maximum Gasteiger partial charge on any atom is 0.326 e. The molecular formula is C28H35N3O4. The smallest absolute Gasteiger partial charge is 0.326 e. The Bertz CT molecular complexity index is 1090. The van der Waals surface area contributed by atoms with Crippen LogP contribution >= 0.6 is 0 Å². The summed E-state index contributed by atoms with van der Waals surface area (Å²) in [5, 5.41) is 3.08. The number of rotatable bonds is 6. The summed E-state index contributed by atoms with van der Waals surface area (Å²) in [6.45, 7) is 3.19. The number of nitrogens with zero attached hydrogens (tertiary/aromatic N) is 2. The first-order chi connectivity index (χ1) is 17.0. The molecule has 2 aliphatic heterocycles. The summed E-state index contributed by atoms with van der Waals surface area (Å²) < 4.78 is 11.2. The molecule has 1 spiro atoms. The minimum atomic E-state index is -0.727. The highest BCUT2D eigenvalue weighted by Gasteiger charge is 2.53. The zero-order chi connectivity index (χ0) is 24.6. The second-order valence-corrected chi connectivity index (χ2v) is 10.0. The summed E-state index contributed by atoms with van der Waals surface area (Å²) in [5.74, 6) is 1.97. The van der Waals surface area contributed by atoms with Gasteiger partial charge in [0.1, 0.15) is 5.54 Å². The van der Waals surface area contributed by atoms with Crippen LogP contribution in [0, 0.1) is 5.92 Å². The van der Waals surface area contributed by atoms with E-state index in [-0.39, 0.29) is 24.6 Å². The van der Waals surface area contributed by atoms with E-state index in [9.17, 15) is 9.59 Å². The Morgan fingerprint density at radius 3 is 2.37 bits per heavy atom. The number of ether oxygens (including phenoxy) is 2. The van der Waals surface area contributed by atoms with Gasteiger partial charge in [-0.1, -0.05) is 43.7 Å². The summed E-state index contributed by atoms with van der Waals surface area (Å²) in [5.41, 5.74) is 2.70. The van der Waals surface area contributed by atoms with Gasteiger partial charge in [-0.05, 0) is 66.8 Å². The van der Waals surface area contributed by atoms with E-state index >= 15 is 0 Å². The van der Waals surface area contributed by atoms with Gasteiger partial charge in [-0.25, -0.2) is 9.69 Å². The van der Waals surface area contributed by atoms with Crippen molar-refractivity contribution in [2.24, 2.45) is 5.92 Å². The van der Waals surface area contributed by atoms with E-state index in [1.54, 1.807) is 14.2 Å². The lowest BCUT2D eigenvalue weighted by Crippen LogP contribution is -2.50. The molecule has 0 unspecified atom stereocenters. The molecule has 1 atom stereocenters. The van der Waals surface area contributed by atoms with Gasteiger partial charge in [-0.3, -0.25) is 9.69 Å². The van der Waals surface area contributed by atoms with Gasteiger partial charge in [0, 0.05) is 6.54 Å². The van der Waals surface area contributed by atoms with Crippen LogP contribution in [0.3, 0.4) is 0 Å². The highest BCUT2D eigenvalue weighted by molar-refractivity contribution is 6.07. The van der Waals surface area contributed by atoms with Gasteiger partial charge in [0.15, 0.2) is 11.5 Å². The maximum atomic E-state index is 13.6. The number of amides is 3. The zero-order valence-electron chi connectivity index (χ0n) is 20.9. The average molecular weight is 478 g/mol. The van der Waals surface area contributed by atoms with Gasteiger partial charge in [0.25, 0.3) is 5.91 Å². The predicted octanol–water partition coefficient (Wildman–Crippen LogP) is 4.50. The number of imide groups is 1. The average Bonchev–Trinajstić information content (AvgIpc) is 3.12. The molecule has 35 heavy (non-hydrogen) atoms. The highest BCUT2D eigenvalue weighted by Crippen LogP contribution is 2.42. The summed E-state index contributed by atoms with van der Waals surface area (Å²) in [7, 11) is 3.29. The molecule has 1 aliphatic carbocycles. The van der Waals surface area contributed by atoms with Crippen molar-refractivity contribution < 1.29 is 19.1 Å². The molecule has 3 amide bonds. The molecule has 7 nitrogen and oxygen atoms in total. The monoisotopic (exact) mass is 477 g/mol. The van der Waals surface area contributed by atoms with Crippen LogP contribution in [-0.2, 0) is 11.2 Å². The van der Waals surface area contributed by atoms with E-state index in [1.165, 1.54) is 10.5 Å². The van der Waals surface area contributed by atoms with Gasteiger partial charge < -0.3 is 14.8 Å². The fraction of sp³-hybridized carbons (Fsp3) is 0.500. The Hall–Kier alpha value is -3.06. The summed E-state index contributed by atoms with van der Waals surface area (Å²) in [6.07, 6.45) is 5.36. The number of carbonyl (C=O) groups excluding carboxylic acids is 2. The molecule has 2 aromatic carbocycles. The minimum Gasteiger partial charge on any atom is -0.493 e. The van der Waals surface area contributed by atoms with E-state index in [1.807, 2.05) is 24.3 Å². The van der Waals surface area contributed by atoms with Gasteiger partial charge in [0.2, 0.25) is 0 Å². The second kappa shape index (κ2) is 9.53. The molecule has 5 rings (SSSR count). The van der Waals surface area contributed by atoms with Gasteiger partial charge in [0.05, 0.1) is 26.9 Å². The predicted molar refractivity (Wildman–Crippen MR) is 133 cm³/mol. The summed E-state index contributed by atoms with van der Waals surface area (Å²) >= 11 is 0. The molecule has 1 N–H and O–H groups in total. The quantitative estimate of drug-likeness (QED) is 0.621. The van der Waals surface area contributed by atoms with Crippen molar-refractivity contribution >= 4 is 11.9 Å². The zero-order valence-corrected chi connectivity index (χ0v) is 20.9. The van der Waals surface area contributed by atoms with Crippen LogP contribution in [0.1, 0.15) is 61.8 Å². The lowest BCUT2D eigenvalue weighted by molar-refractivity contribution is -0.134. The standard InChI is InChI=1S/C28H35N3O4/c1-4-19-10-13-28(14-11-19)26(32)31(27(33)29-28)18-30-15-12-21-16-23(34-2)24(35-3)17-22(21)25(30)20-8-6-5-7-9-20/h5-9,16-17,19,25H,4,10-15,18H2,1-3H3,(H,29,33)/t19?,25-,28?/m0/s1. The van der Waals surface area contributed by atoms with E-state index in [2.05, 4.69) is 35.3 Å². The normalized spacial score (nSPS) is 26.5. The van der Waals surface area contributed by atoms with Gasteiger partial charge in [-0.15, -0.1) is 0 Å². The topological polar surface area (TPSA) is 71.1 Å². The third-order valence-electron chi connectivity index (χ3n) is 8.19. The van der Waals surface area contributed by atoms with Crippen LogP contribution in [-0.4, -0.2) is 54.7 Å². The van der Waals surface area contributed by atoms with Crippen LogP contribution in [0.5, 0.6) is 11.5 Å². The number of hydrogen-bond acceptors (Lipinski definition) is 5. The molecule has 0 radical (unpaired) electrons. The Morgan fingerprint density at radius 1 is 1.03 bits per heavy atom. The number of carbonyl (C=O) groups is 2. The van der Waals surface area contributed by atoms with Crippen molar-refractivity contribution in [1.82, 2.24) is 15.1 Å². The molecule has 0 bridgehead atoms. The third kappa shape index (κ3) is 4.16. The van der Waals surface area contributed by atoms with Crippen LogP contribution in [0.2, 0.25) is 0 Å². The van der Waals surface area contributed by atoms with E-state index < -0.39 is 5.54 Å². The largest absolute Gasteiger partial charge is 0.493 e. The first kappa shape index (κ1) is 23.7. The van der Waals surface area contributed by atoms with Crippen molar-refractivity contribution in [3.63, 3.8) is 0 Å². The maximum absolute atomic E-state index is 13.6. The SMILES string of the molecule is CCC1CCC2(CC1)NC(=O)N(CN1CCc3cc(OC)c(OC)cc3[C@@H]1c1ccccc1)C2=O. The van der Waals surface area contributed by atoms with Crippen molar-refractivity contribution in [2.75, 3.05) is 27.4 Å². The van der Waals surface area contributed by atoms with E-state index in [0.29, 0.717) is 17.4 Å². The third-order valence-corrected chi connectivity index (χ3v) is 8.19. The first-order valence-electron chi connectivity index (χ1n) is 12.7. The lowest BCUT2D eigenvalue weighted by Gasteiger charge is -2.40. The summed E-state index contributed by atoms with van der Waals surface area (Å²) in [4.78, 5) is 30.4. The van der Waals surface area contributed by atoms with Crippen molar-refractivity contribution in [1.29, 1.82) is 0 Å². The summed E-state index contributed by atoms with van der Waals surface area (Å²) in [6, 6.07) is 14.0. The van der Waals surface area contributed by atoms with Crippen molar-refractivity contribution in [3.8, 4) is 11.5 Å². The van der Waals surface area contributed by atoms with Crippen LogP contribution in [0.25, 0.3) is 0 Å². The Morgan fingerprint density at radius 2 is 1.71 bits per heavy atom. The lowest BCUT2D eigenvalue weighted by atomic mass is 9.75. The molecule has 2 fully saturated rings. The molecule has 2 heterocycles. The fourth-order valence-electron chi connectivity index (χ4n) is 6.08. The number of hydrogen-bond donors (Lipinski definition) is 1. The van der Waals surface area contributed by atoms with Crippen molar-refractivity contribution in [2.45, 2.75) is 57.0 Å². The molecular weight excluding hydrogens is 442 g/mol. The molecule has 186 valence electrons. The number of fused-ring (bicyclic) bond motifs is 1. The van der Waals surface area contributed by atoms with Crippen LogP contribution in [0.4, 0.5) is 4.79 Å². The van der Waals surface area contributed by atoms with Gasteiger partial charge in [-0.2, -0.15) is 0 Å². The minimum absolute atomic E-state index is 0.0676. The molecule has 0 aromatic heterocycles.